The Hall–Kier alpha value is -2.40. The summed E-state index contributed by atoms with van der Waals surface area (Å²) in [4.78, 5) is 10.1. The maximum atomic E-state index is 10.6. The van der Waals surface area contributed by atoms with E-state index in [9.17, 15) is 10.1 Å². The first kappa shape index (κ1) is 14.0. The van der Waals surface area contributed by atoms with Crippen LogP contribution in [0.4, 0.5) is 5.69 Å². The average molecular weight is 272 g/mol. The molecule has 1 N–H and O–H groups in total. The second kappa shape index (κ2) is 6.16. The minimum atomic E-state index is -0.430. The van der Waals surface area contributed by atoms with Gasteiger partial charge in [-0.1, -0.05) is 6.07 Å². The Morgan fingerprint density at radius 3 is 2.35 bits per heavy atom. The van der Waals surface area contributed by atoms with Crippen LogP contribution in [-0.2, 0) is 6.54 Å². The van der Waals surface area contributed by atoms with Crippen LogP contribution >= 0.6 is 0 Å². The smallest absolute Gasteiger partial charge is 0.269 e. The largest absolute Gasteiger partial charge is 0.457 e. The fourth-order valence-electron chi connectivity index (χ4n) is 1.89. The molecule has 0 aliphatic carbocycles. The highest BCUT2D eigenvalue weighted by atomic mass is 16.6. The van der Waals surface area contributed by atoms with E-state index in [4.69, 9.17) is 4.74 Å². The summed E-state index contributed by atoms with van der Waals surface area (Å²) in [5, 5.41) is 13.7. The van der Waals surface area contributed by atoms with Crippen LogP contribution in [0.25, 0.3) is 0 Å². The van der Waals surface area contributed by atoms with Gasteiger partial charge in [0.05, 0.1) is 4.92 Å². The monoisotopic (exact) mass is 272 g/mol. The molecule has 0 aliphatic rings. The summed E-state index contributed by atoms with van der Waals surface area (Å²) in [6.07, 6.45) is 0. The molecule has 0 fully saturated rings. The number of nitrogens with zero attached hydrogens (tertiary/aromatic N) is 1. The number of non-ortho nitro benzene ring substituents is 1. The summed E-state index contributed by atoms with van der Waals surface area (Å²) >= 11 is 0. The molecule has 2 aromatic carbocycles. The van der Waals surface area contributed by atoms with E-state index in [-0.39, 0.29) is 5.69 Å². The lowest BCUT2D eigenvalue weighted by atomic mass is 10.1. The lowest BCUT2D eigenvalue weighted by Gasteiger charge is -2.09. The Morgan fingerprint density at radius 2 is 1.80 bits per heavy atom. The molecule has 5 nitrogen and oxygen atoms in total. The van der Waals surface area contributed by atoms with Gasteiger partial charge in [-0.05, 0) is 49.4 Å². The van der Waals surface area contributed by atoms with Gasteiger partial charge in [-0.15, -0.1) is 0 Å². The first-order valence-electron chi connectivity index (χ1n) is 6.26. The fourth-order valence-corrected chi connectivity index (χ4v) is 1.89. The summed E-state index contributed by atoms with van der Waals surface area (Å²) in [6.45, 7) is 2.83. The van der Waals surface area contributed by atoms with Gasteiger partial charge in [-0.25, -0.2) is 0 Å². The number of aryl methyl sites for hydroxylation is 1. The SMILES string of the molecule is CNCc1ccc(Oc2ccc([N+](=O)[O-])cc2)cc1C. The molecular weight excluding hydrogens is 256 g/mol. The number of nitro groups is 1. The minimum Gasteiger partial charge on any atom is -0.457 e. The maximum absolute atomic E-state index is 10.6. The molecule has 0 bridgehead atoms. The average Bonchev–Trinajstić information content (AvgIpc) is 2.42. The first-order chi connectivity index (χ1) is 9.60. The number of nitrogens with one attached hydrogen (secondary N) is 1. The van der Waals surface area contributed by atoms with Crippen molar-refractivity contribution in [2.75, 3.05) is 7.05 Å². The van der Waals surface area contributed by atoms with Crippen molar-refractivity contribution in [1.29, 1.82) is 0 Å². The van der Waals surface area contributed by atoms with Gasteiger partial charge in [0, 0.05) is 18.7 Å². The van der Waals surface area contributed by atoms with E-state index in [1.807, 2.05) is 32.2 Å². The normalized spacial score (nSPS) is 10.3. The number of hydrogen-bond acceptors (Lipinski definition) is 4. The molecule has 0 saturated carbocycles. The molecule has 0 spiro atoms. The molecule has 0 amide bonds. The number of ether oxygens (including phenoxy) is 1. The van der Waals surface area contributed by atoms with Gasteiger partial charge in [0.15, 0.2) is 0 Å². The van der Waals surface area contributed by atoms with E-state index in [1.54, 1.807) is 12.1 Å². The Bertz CT molecular complexity index is 609. The van der Waals surface area contributed by atoms with Gasteiger partial charge in [0.1, 0.15) is 11.5 Å². The molecule has 0 radical (unpaired) electrons. The van der Waals surface area contributed by atoms with Crippen LogP contribution in [0.3, 0.4) is 0 Å². The Morgan fingerprint density at radius 1 is 1.15 bits per heavy atom. The zero-order chi connectivity index (χ0) is 14.5. The molecule has 2 rings (SSSR count). The van der Waals surface area contributed by atoms with E-state index in [1.165, 1.54) is 17.7 Å². The summed E-state index contributed by atoms with van der Waals surface area (Å²) in [7, 11) is 1.90. The van der Waals surface area contributed by atoms with Crippen LogP contribution in [0, 0.1) is 17.0 Å². The van der Waals surface area contributed by atoms with Crippen LogP contribution in [0.2, 0.25) is 0 Å². The third-order valence-corrected chi connectivity index (χ3v) is 2.96. The van der Waals surface area contributed by atoms with Crippen LogP contribution in [0.15, 0.2) is 42.5 Å². The van der Waals surface area contributed by atoms with Crippen LogP contribution in [0.5, 0.6) is 11.5 Å². The number of benzene rings is 2. The first-order valence-corrected chi connectivity index (χ1v) is 6.26. The van der Waals surface area contributed by atoms with Crippen molar-refractivity contribution in [3.05, 3.63) is 63.7 Å². The Kier molecular flexibility index (Phi) is 4.32. The van der Waals surface area contributed by atoms with Crippen LogP contribution < -0.4 is 10.1 Å². The molecular formula is C15H16N2O3. The van der Waals surface area contributed by atoms with Gasteiger partial charge in [0.2, 0.25) is 0 Å². The summed E-state index contributed by atoms with van der Waals surface area (Å²) in [5.41, 5.74) is 2.40. The van der Waals surface area contributed by atoms with Crippen molar-refractivity contribution in [2.45, 2.75) is 13.5 Å². The van der Waals surface area contributed by atoms with Crippen LogP contribution in [-0.4, -0.2) is 12.0 Å². The van der Waals surface area contributed by atoms with Crippen molar-refractivity contribution >= 4 is 5.69 Å². The Balaban J connectivity index is 2.13. The van der Waals surface area contributed by atoms with Gasteiger partial charge in [0.25, 0.3) is 5.69 Å². The molecule has 0 unspecified atom stereocenters. The van der Waals surface area contributed by atoms with E-state index in [0.717, 1.165) is 17.9 Å². The molecule has 2 aromatic rings. The van der Waals surface area contributed by atoms with Crippen molar-refractivity contribution in [2.24, 2.45) is 0 Å². The molecule has 0 heterocycles. The summed E-state index contributed by atoms with van der Waals surface area (Å²) < 4.78 is 5.68. The van der Waals surface area contributed by atoms with E-state index in [0.29, 0.717) is 5.75 Å². The quantitative estimate of drug-likeness (QED) is 0.669. The molecule has 0 aromatic heterocycles. The number of hydrogen-bond donors (Lipinski definition) is 1. The highest BCUT2D eigenvalue weighted by Gasteiger charge is 2.06. The zero-order valence-electron chi connectivity index (χ0n) is 11.4. The topological polar surface area (TPSA) is 64.4 Å². The molecule has 0 atom stereocenters. The zero-order valence-corrected chi connectivity index (χ0v) is 11.4. The maximum Gasteiger partial charge on any atom is 0.269 e. The summed E-state index contributed by atoms with van der Waals surface area (Å²) in [5.74, 6) is 1.30. The summed E-state index contributed by atoms with van der Waals surface area (Å²) in [6, 6.07) is 11.9. The second-order valence-electron chi connectivity index (χ2n) is 4.47. The van der Waals surface area contributed by atoms with Crippen molar-refractivity contribution in [3.63, 3.8) is 0 Å². The van der Waals surface area contributed by atoms with E-state index in [2.05, 4.69) is 5.32 Å². The third-order valence-electron chi connectivity index (χ3n) is 2.96. The molecule has 104 valence electrons. The predicted molar refractivity (Wildman–Crippen MR) is 77.1 cm³/mol. The van der Waals surface area contributed by atoms with Crippen molar-refractivity contribution < 1.29 is 9.66 Å². The second-order valence-corrected chi connectivity index (χ2v) is 4.47. The predicted octanol–water partition coefficient (Wildman–Crippen LogP) is 3.41. The molecule has 0 saturated heterocycles. The molecule has 0 aliphatic heterocycles. The lowest BCUT2D eigenvalue weighted by molar-refractivity contribution is -0.384. The molecule has 5 heteroatoms. The van der Waals surface area contributed by atoms with Gasteiger partial charge >= 0.3 is 0 Å². The third kappa shape index (κ3) is 3.33. The minimum absolute atomic E-state index is 0.0536. The number of nitro benzene ring substituents is 1. The highest BCUT2D eigenvalue weighted by molar-refractivity contribution is 5.40. The lowest BCUT2D eigenvalue weighted by Crippen LogP contribution is -2.06. The highest BCUT2D eigenvalue weighted by Crippen LogP contribution is 2.25. The Labute approximate surface area is 117 Å². The van der Waals surface area contributed by atoms with Crippen molar-refractivity contribution in [1.82, 2.24) is 5.32 Å². The standard InChI is InChI=1S/C15H16N2O3/c1-11-9-15(6-3-12(11)10-16-2)20-14-7-4-13(5-8-14)17(18)19/h3-9,16H,10H2,1-2H3. The van der Waals surface area contributed by atoms with Crippen LogP contribution in [0.1, 0.15) is 11.1 Å². The van der Waals surface area contributed by atoms with E-state index < -0.39 is 4.92 Å². The number of rotatable bonds is 5. The van der Waals surface area contributed by atoms with Gasteiger partial charge in [-0.2, -0.15) is 0 Å². The van der Waals surface area contributed by atoms with Gasteiger partial charge < -0.3 is 10.1 Å². The molecule has 20 heavy (non-hydrogen) atoms. The fraction of sp³-hybridized carbons (Fsp3) is 0.200. The van der Waals surface area contributed by atoms with Gasteiger partial charge in [-0.3, -0.25) is 10.1 Å². The van der Waals surface area contributed by atoms with E-state index >= 15 is 0 Å². The van der Waals surface area contributed by atoms with Crippen molar-refractivity contribution in [3.8, 4) is 11.5 Å².